The lowest BCUT2D eigenvalue weighted by Gasteiger charge is -2.27. The fourth-order valence-electron chi connectivity index (χ4n) is 3.73. The molecule has 2 aliphatic carbocycles. The molecule has 4 N–H and O–H groups in total. The first kappa shape index (κ1) is 13.7. The zero-order valence-corrected chi connectivity index (χ0v) is 11.9. The number of ether oxygens (including phenoxy) is 1. The lowest BCUT2D eigenvalue weighted by atomic mass is 9.77. The third kappa shape index (κ3) is 2.28. The van der Waals surface area contributed by atoms with Gasteiger partial charge in [0.15, 0.2) is 5.96 Å². The Morgan fingerprint density at radius 2 is 1.95 bits per heavy atom. The number of rotatable bonds is 3. The molecule has 0 heterocycles. The molecule has 110 valence electrons. The number of carbonyl (C=O) groups is 1. The molecule has 0 aromatic heterocycles. The van der Waals surface area contributed by atoms with Crippen molar-refractivity contribution in [1.29, 1.82) is 0 Å². The highest BCUT2D eigenvalue weighted by Gasteiger charge is 2.49. The molecule has 1 aromatic carbocycles. The monoisotopic (exact) mass is 285 g/mol. The van der Waals surface area contributed by atoms with E-state index >= 15 is 0 Å². The molecule has 0 saturated heterocycles. The van der Waals surface area contributed by atoms with Crippen LogP contribution in [0.3, 0.4) is 0 Å². The van der Waals surface area contributed by atoms with Gasteiger partial charge in [-0.1, -0.05) is 30.4 Å². The van der Waals surface area contributed by atoms with Crippen molar-refractivity contribution >= 4 is 11.9 Å². The zero-order chi connectivity index (χ0) is 15.0. The molecule has 2 bridgehead atoms. The Kier molecular flexibility index (Phi) is 3.41. The first-order chi connectivity index (χ1) is 10.1. The second kappa shape index (κ2) is 5.24. The Morgan fingerprint density at radius 1 is 1.24 bits per heavy atom. The van der Waals surface area contributed by atoms with E-state index in [0.717, 1.165) is 17.7 Å². The van der Waals surface area contributed by atoms with Crippen LogP contribution in [0.15, 0.2) is 41.4 Å². The highest BCUT2D eigenvalue weighted by atomic mass is 16.5. The minimum atomic E-state index is -0.234. The first-order valence-corrected chi connectivity index (χ1v) is 7.06. The quantitative estimate of drug-likeness (QED) is 0.499. The molecular weight excluding hydrogens is 266 g/mol. The van der Waals surface area contributed by atoms with Crippen LogP contribution in [0.25, 0.3) is 0 Å². The van der Waals surface area contributed by atoms with Crippen LogP contribution in [0.5, 0.6) is 5.75 Å². The molecule has 2 unspecified atom stereocenters. The molecule has 2 aliphatic rings. The van der Waals surface area contributed by atoms with Gasteiger partial charge in [0.1, 0.15) is 5.75 Å². The summed E-state index contributed by atoms with van der Waals surface area (Å²) >= 11 is 0. The number of carbonyl (C=O) groups excluding carboxylic acids is 1. The van der Waals surface area contributed by atoms with Gasteiger partial charge in [-0.25, -0.2) is 0 Å². The second-order valence-corrected chi connectivity index (χ2v) is 5.62. The first-order valence-electron chi connectivity index (χ1n) is 7.06. The van der Waals surface area contributed by atoms with E-state index in [-0.39, 0.29) is 29.6 Å². The number of methoxy groups -OCH3 is 1. The highest BCUT2D eigenvalue weighted by Crippen LogP contribution is 2.54. The zero-order valence-electron chi connectivity index (χ0n) is 11.9. The lowest BCUT2D eigenvalue weighted by molar-refractivity contribution is -0.122. The lowest BCUT2D eigenvalue weighted by Crippen LogP contribution is -2.30. The maximum Gasteiger partial charge on any atom is 0.253 e. The van der Waals surface area contributed by atoms with Crippen LogP contribution in [0.2, 0.25) is 0 Å². The molecule has 3 rings (SSSR count). The van der Waals surface area contributed by atoms with Gasteiger partial charge >= 0.3 is 0 Å². The van der Waals surface area contributed by atoms with Gasteiger partial charge < -0.3 is 16.2 Å². The summed E-state index contributed by atoms with van der Waals surface area (Å²) in [7, 11) is 1.65. The summed E-state index contributed by atoms with van der Waals surface area (Å²) in [5.74, 6) is 0.819. The average Bonchev–Trinajstić information content (AvgIpc) is 3.07. The summed E-state index contributed by atoms with van der Waals surface area (Å²) in [6.45, 7) is 0. The van der Waals surface area contributed by atoms with E-state index < -0.39 is 0 Å². The molecular formula is C16H19N3O2. The maximum absolute atomic E-state index is 12.4. The Hall–Kier alpha value is -2.30. The molecule has 1 amide bonds. The van der Waals surface area contributed by atoms with Gasteiger partial charge in [-0.05, 0) is 29.9 Å². The molecule has 5 nitrogen and oxygen atoms in total. The number of guanidine groups is 1. The Bertz CT molecular complexity index is 620. The molecule has 1 aromatic rings. The van der Waals surface area contributed by atoms with Gasteiger partial charge in [-0.2, -0.15) is 4.99 Å². The van der Waals surface area contributed by atoms with E-state index in [4.69, 9.17) is 16.2 Å². The van der Waals surface area contributed by atoms with E-state index in [2.05, 4.69) is 17.1 Å². The third-order valence-electron chi connectivity index (χ3n) is 4.48. The molecule has 0 aliphatic heterocycles. The standard InChI is InChI=1S/C16H19N3O2/c1-21-12-5-3-2-4-11(12)13-9-6-7-10(8-9)14(13)15(20)19-16(17)18/h2-7,9-10,13-14H,8H2,1H3,(H4,17,18,19,20)/t9?,10?,13-,14+/m1/s1. The fraction of sp³-hybridized carbons (Fsp3) is 0.375. The highest BCUT2D eigenvalue weighted by molar-refractivity contribution is 5.93. The summed E-state index contributed by atoms with van der Waals surface area (Å²) in [4.78, 5) is 16.2. The number of nitrogens with zero attached hydrogens (tertiary/aromatic N) is 1. The van der Waals surface area contributed by atoms with E-state index in [1.807, 2.05) is 24.3 Å². The van der Waals surface area contributed by atoms with Gasteiger partial charge in [0.25, 0.3) is 5.91 Å². The number of hydrogen-bond acceptors (Lipinski definition) is 2. The van der Waals surface area contributed by atoms with E-state index in [9.17, 15) is 4.79 Å². The molecule has 4 atom stereocenters. The topological polar surface area (TPSA) is 90.7 Å². The molecule has 0 radical (unpaired) electrons. The second-order valence-electron chi connectivity index (χ2n) is 5.62. The number of hydrogen-bond donors (Lipinski definition) is 2. The van der Waals surface area contributed by atoms with E-state index in [0.29, 0.717) is 5.92 Å². The number of amides is 1. The van der Waals surface area contributed by atoms with Crippen molar-refractivity contribution in [1.82, 2.24) is 0 Å². The van der Waals surface area contributed by atoms with Crippen molar-refractivity contribution in [3.8, 4) is 5.75 Å². The molecule has 1 fully saturated rings. The summed E-state index contributed by atoms with van der Waals surface area (Å²) in [5, 5.41) is 0. The number of allylic oxidation sites excluding steroid dienone is 2. The van der Waals surface area contributed by atoms with Gasteiger partial charge in [-0.3, -0.25) is 4.79 Å². The molecule has 5 heteroatoms. The van der Waals surface area contributed by atoms with Crippen LogP contribution >= 0.6 is 0 Å². The van der Waals surface area contributed by atoms with Crippen molar-refractivity contribution in [3.05, 3.63) is 42.0 Å². The Labute approximate surface area is 123 Å². The summed E-state index contributed by atoms with van der Waals surface area (Å²) < 4.78 is 5.45. The number of nitrogens with two attached hydrogens (primary N) is 2. The van der Waals surface area contributed by atoms with Crippen LogP contribution in [0.4, 0.5) is 0 Å². The van der Waals surface area contributed by atoms with E-state index in [1.165, 1.54) is 0 Å². The summed E-state index contributed by atoms with van der Waals surface area (Å²) in [5.41, 5.74) is 11.8. The van der Waals surface area contributed by atoms with Gasteiger partial charge in [0, 0.05) is 5.92 Å². The predicted molar refractivity (Wildman–Crippen MR) is 80.8 cm³/mol. The van der Waals surface area contributed by atoms with Crippen LogP contribution in [0.1, 0.15) is 17.9 Å². The molecule has 1 saturated carbocycles. The van der Waals surface area contributed by atoms with Gasteiger partial charge in [-0.15, -0.1) is 0 Å². The minimum absolute atomic E-state index is 0.0757. The number of para-hydroxylation sites is 1. The number of fused-ring (bicyclic) bond motifs is 2. The minimum Gasteiger partial charge on any atom is -0.496 e. The van der Waals surface area contributed by atoms with Crippen LogP contribution in [0, 0.1) is 17.8 Å². The predicted octanol–water partition coefficient (Wildman–Crippen LogP) is 1.40. The number of aliphatic imine (C=N–C) groups is 1. The largest absolute Gasteiger partial charge is 0.496 e. The normalized spacial score (nSPS) is 29.4. The average molecular weight is 285 g/mol. The van der Waals surface area contributed by atoms with Gasteiger partial charge in [0.05, 0.1) is 13.0 Å². The van der Waals surface area contributed by atoms with Crippen molar-refractivity contribution in [2.45, 2.75) is 12.3 Å². The Morgan fingerprint density at radius 3 is 2.67 bits per heavy atom. The maximum atomic E-state index is 12.4. The van der Waals surface area contributed by atoms with Crippen LogP contribution in [-0.2, 0) is 4.79 Å². The Balaban J connectivity index is 2.01. The smallest absolute Gasteiger partial charge is 0.253 e. The third-order valence-corrected chi connectivity index (χ3v) is 4.48. The van der Waals surface area contributed by atoms with Crippen LogP contribution < -0.4 is 16.2 Å². The molecule has 0 spiro atoms. The summed E-state index contributed by atoms with van der Waals surface area (Å²) in [6.07, 6.45) is 5.28. The van der Waals surface area contributed by atoms with Crippen molar-refractivity contribution < 1.29 is 9.53 Å². The van der Waals surface area contributed by atoms with Crippen molar-refractivity contribution in [2.24, 2.45) is 34.2 Å². The van der Waals surface area contributed by atoms with E-state index in [1.54, 1.807) is 7.11 Å². The molecule has 21 heavy (non-hydrogen) atoms. The summed E-state index contributed by atoms with van der Waals surface area (Å²) in [6, 6.07) is 7.84. The number of benzene rings is 1. The van der Waals surface area contributed by atoms with Gasteiger partial charge in [0.2, 0.25) is 0 Å². The van der Waals surface area contributed by atoms with Crippen molar-refractivity contribution in [2.75, 3.05) is 7.11 Å². The van der Waals surface area contributed by atoms with Crippen LogP contribution in [-0.4, -0.2) is 19.0 Å². The fourth-order valence-corrected chi connectivity index (χ4v) is 3.73. The SMILES string of the molecule is COc1ccccc1[C@H]1C2C=CC(C2)[C@@H]1C(=O)N=C(N)N. The van der Waals surface area contributed by atoms with Crippen molar-refractivity contribution in [3.63, 3.8) is 0 Å².